The van der Waals surface area contributed by atoms with E-state index < -0.39 is 0 Å². The Hall–Kier alpha value is -1.30. The van der Waals surface area contributed by atoms with E-state index >= 15 is 0 Å². The minimum Gasteiger partial charge on any atom is -0.493 e. The summed E-state index contributed by atoms with van der Waals surface area (Å²) in [6.07, 6.45) is 1.00. The third-order valence-corrected chi connectivity index (χ3v) is 4.43. The first-order valence-electron chi connectivity index (χ1n) is 7.96. The lowest BCUT2D eigenvalue weighted by Gasteiger charge is -2.38. The fraction of sp³-hybridized carbons (Fsp3) is 0.647. The molecule has 1 aromatic rings. The highest BCUT2D eigenvalue weighted by Gasteiger charge is 2.21. The molecule has 1 saturated heterocycles. The maximum absolute atomic E-state index is 9.00. The van der Waals surface area contributed by atoms with Crippen molar-refractivity contribution in [3.05, 3.63) is 23.8 Å². The number of ether oxygens (including phenoxy) is 2. The molecule has 0 amide bonds. The highest BCUT2D eigenvalue weighted by atomic mass is 16.5. The summed E-state index contributed by atoms with van der Waals surface area (Å²) >= 11 is 0. The lowest BCUT2D eigenvalue weighted by Crippen LogP contribution is -2.50. The number of rotatable bonds is 7. The molecule has 1 aliphatic heterocycles. The van der Waals surface area contributed by atoms with Gasteiger partial charge in [0.15, 0.2) is 11.5 Å². The van der Waals surface area contributed by atoms with Crippen molar-refractivity contribution in [1.29, 1.82) is 0 Å². The van der Waals surface area contributed by atoms with Gasteiger partial charge in [-0.15, -0.1) is 0 Å². The van der Waals surface area contributed by atoms with E-state index in [1.165, 1.54) is 5.56 Å². The predicted molar refractivity (Wildman–Crippen MR) is 87.8 cm³/mol. The number of aliphatic hydroxyl groups is 1. The zero-order chi connectivity index (χ0) is 15.9. The van der Waals surface area contributed by atoms with Crippen LogP contribution in [0.5, 0.6) is 11.5 Å². The van der Waals surface area contributed by atoms with E-state index in [0.29, 0.717) is 6.04 Å². The van der Waals surface area contributed by atoms with Crippen LogP contribution >= 0.6 is 0 Å². The SMILES string of the molecule is COc1ccc(CC(C)N2CCN(CCO)CC2)cc1OC. The first-order chi connectivity index (χ1) is 10.7. The molecule has 1 atom stereocenters. The van der Waals surface area contributed by atoms with Gasteiger partial charge in [-0.2, -0.15) is 0 Å². The van der Waals surface area contributed by atoms with Crippen LogP contribution in [0.25, 0.3) is 0 Å². The average molecular weight is 308 g/mol. The molecule has 0 aliphatic carbocycles. The van der Waals surface area contributed by atoms with Gasteiger partial charge in [0.2, 0.25) is 0 Å². The van der Waals surface area contributed by atoms with E-state index in [9.17, 15) is 0 Å². The van der Waals surface area contributed by atoms with Crippen molar-refractivity contribution in [3.63, 3.8) is 0 Å². The Bertz CT molecular complexity index is 459. The quantitative estimate of drug-likeness (QED) is 0.821. The molecule has 1 aromatic carbocycles. The van der Waals surface area contributed by atoms with E-state index in [2.05, 4.69) is 28.9 Å². The van der Waals surface area contributed by atoms with Gasteiger partial charge in [0.1, 0.15) is 0 Å². The second kappa shape index (κ2) is 8.36. The van der Waals surface area contributed by atoms with Crippen LogP contribution in [0.4, 0.5) is 0 Å². The Labute approximate surface area is 133 Å². The summed E-state index contributed by atoms with van der Waals surface area (Å²) in [5.41, 5.74) is 1.27. The molecule has 2 rings (SSSR count). The number of hydrogen-bond donors (Lipinski definition) is 1. The van der Waals surface area contributed by atoms with Gasteiger partial charge >= 0.3 is 0 Å². The summed E-state index contributed by atoms with van der Waals surface area (Å²) in [7, 11) is 3.33. The Morgan fingerprint density at radius 3 is 2.36 bits per heavy atom. The van der Waals surface area contributed by atoms with Gasteiger partial charge in [0.05, 0.1) is 20.8 Å². The zero-order valence-electron chi connectivity index (χ0n) is 13.9. The summed E-state index contributed by atoms with van der Waals surface area (Å²) in [6, 6.07) is 6.64. The first kappa shape index (κ1) is 17.1. The van der Waals surface area contributed by atoms with Crippen molar-refractivity contribution in [2.24, 2.45) is 0 Å². The Balaban J connectivity index is 1.91. The van der Waals surface area contributed by atoms with Crippen LogP contribution in [-0.2, 0) is 6.42 Å². The number of β-amino-alcohol motifs (C(OH)–C–C–N with tert-alkyl or cyclic N) is 1. The summed E-state index contributed by atoms with van der Waals surface area (Å²) in [6.45, 7) is 7.52. The minimum absolute atomic E-state index is 0.251. The maximum atomic E-state index is 9.00. The number of methoxy groups -OCH3 is 2. The minimum atomic E-state index is 0.251. The molecule has 1 unspecified atom stereocenters. The molecule has 124 valence electrons. The van der Waals surface area contributed by atoms with Crippen molar-refractivity contribution in [3.8, 4) is 11.5 Å². The Morgan fingerprint density at radius 2 is 1.77 bits per heavy atom. The summed E-state index contributed by atoms with van der Waals surface area (Å²) in [4.78, 5) is 4.84. The van der Waals surface area contributed by atoms with E-state index in [1.54, 1.807) is 14.2 Å². The van der Waals surface area contributed by atoms with Crippen molar-refractivity contribution in [2.75, 3.05) is 53.6 Å². The van der Waals surface area contributed by atoms with Crippen LogP contribution in [0.15, 0.2) is 18.2 Å². The highest BCUT2D eigenvalue weighted by Crippen LogP contribution is 2.28. The van der Waals surface area contributed by atoms with Crippen LogP contribution in [-0.4, -0.2) is 74.5 Å². The molecule has 1 aliphatic rings. The molecule has 1 N–H and O–H groups in total. The third kappa shape index (κ3) is 4.35. The van der Waals surface area contributed by atoms with Crippen molar-refractivity contribution < 1.29 is 14.6 Å². The third-order valence-electron chi connectivity index (χ3n) is 4.43. The molecule has 22 heavy (non-hydrogen) atoms. The van der Waals surface area contributed by atoms with E-state index in [-0.39, 0.29) is 6.61 Å². The monoisotopic (exact) mass is 308 g/mol. The summed E-state index contributed by atoms with van der Waals surface area (Å²) in [5.74, 6) is 1.57. The Kier molecular flexibility index (Phi) is 6.49. The second-order valence-corrected chi connectivity index (χ2v) is 5.84. The molecule has 0 radical (unpaired) electrons. The maximum Gasteiger partial charge on any atom is 0.160 e. The molecular formula is C17H28N2O3. The van der Waals surface area contributed by atoms with Gasteiger partial charge in [-0.3, -0.25) is 9.80 Å². The van der Waals surface area contributed by atoms with Gasteiger partial charge in [0, 0.05) is 38.8 Å². The number of piperazine rings is 1. The molecule has 1 fully saturated rings. The van der Waals surface area contributed by atoms with Crippen LogP contribution < -0.4 is 9.47 Å². The zero-order valence-corrected chi connectivity index (χ0v) is 13.9. The van der Waals surface area contributed by atoms with E-state index in [4.69, 9.17) is 14.6 Å². The number of nitrogens with zero attached hydrogens (tertiary/aromatic N) is 2. The van der Waals surface area contributed by atoms with Crippen molar-refractivity contribution >= 4 is 0 Å². The molecule has 0 bridgehead atoms. The largest absolute Gasteiger partial charge is 0.493 e. The number of benzene rings is 1. The molecule has 0 spiro atoms. The second-order valence-electron chi connectivity index (χ2n) is 5.84. The normalized spacial score (nSPS) is 18.2. The number of aliphatic hydroxyl groups excluding tert-OH is 1. The molecule has 1 heterocycles. The van der Waals surface area contributed by atoms with Crippen LogP contribution in [0.2, 0.25) is 0 Å². The lowest BCUT2D eigenvalue weighted by atomic mass is 10.0. The molecule has 0 saturated carbocycles. The van der Waals surface area contributed by atoms with Crippen molar-refractivity contribution in [2.45, 2.75) is 19.4 Å². The fourth-order valence-corrected chi connectivity index (χ4v) is 3.05. The standard InChI is InChI=1S/C17H28N2O3/c1-14(19-8-6-18(7-9-19)10-11-20)12-15-4-5-16(21-2)17(13-15)22-3/h4-5,13-14,20H,6-12H2,1-3H3. The lowest BCUT2D eigenvalue weighted by molar-refractivity contribution is 0.0888. The highest BCUT2D eigenvalue weighted by molar-refractivity contribution is 5.43. The average Bonchev–Trinajstić information content (AvgIpc) is 2.55. The molecule has 0 aromatic heterocycles. The smallest absolute Gasteiger partial charge is 0.160 e. The van der Waals surface area contributed by atoms with Crippen LogP contribution in [0.3, 0.4) is 0 Å². The van der Waals surface area contributed by atoms with Gasteiger partial charge in [-0.05, 0) is 31.0 Å². The van der Waals surface area contributed by atoms with Gasteiger partial charge in [0.25, 0.3) is 0 Å². The molecule has 5 nitrogen and oxygen atoms in total. The summed E-state index contributed by atoms with van der Waals surface area (Å²) in [5, 5.41) is 9.00. The fourth-order valence-electron chi connectivity index (χ4n) is 3.05. The number of hydrogen-bond acceptors (Lipinski definition) is 5. The van der Waals surface area contributed by atoms with Gasteiger partial charge < -0.3 is 14.6 Å². The predicted octanol–water partition coefficient (Wildman–Crippen LogP) is 1.24. The topological polar surface area (TPSA) is 45.2 Å². The van der Waals surface area contributed by atoms with Crippen molar-refractivity contribution in [1.82, 2.24) is 9.80 Å². The molecule has 5 heteroatoms. The summed E-state index contributed by atoms with van der Waals surface area (Å²) < 4.78 is 10.7. The van der Waals surface area contributed by atoms with Crippen LogP contribution in [0, 0.1) is 0 Å². The van der Waals surface area contributed by atoms with Crippen LogP contribution in [0.1, 0.15) is 12.5 Å². The van der Waals surface area contributed by atoms with Gasteiger partial charge in [-0.1, -0.05) is 6.07 Å². The Morgan fingerprint density at radius 1 is 1.09 bits per heavy atom. The first-order valence-corrected chi connectivity index (χ1v) is 7.96. The molecular weight excluding hydrogens is 280 g/mol. The van der Waals surface area contributed by atoms with E-state index in [1.807, 2.05) is 6.07 Å². The van der Waals surface area contributed by atoms with E-state index in [0.717, 1.165) is 50.6 Å². The van der Waals surface area contributed by atoms with Gasteiger partial charge in [-0.25, -0.2) is 0 Å².